The summed E-state index contributed by atoms with van der Waals surface area (Å²) in [6, 6.07) is 0. The van der Waals surface area contributed by atoms with Crippen LogP contribution in [0.15, 0.2) is 23.3 Å². The van der Waals surface area contributed by atoms with E-state index in [-0.39, 0.29) is 24.9 Å². The van der Waals surface area contributed by atoms with Crippen molar-refractivity contribution in [1.82, 2.24) is 0 Å². The Morgan fingerprint density at radius 2 is 2.00 bits per heavy atom. The monoisotopic (exact) mass is 484 g/mol. The fourth-order valence-corrected chi connectivity index (χ4v) is 8.22. The number of allylic oxidation sites excluding steroid dienone is 4. The van der Waals surface area contributed by atoms with Gasteiger partial charge >= 0.3 is 6.16 Å². The van der Waals surface area contributed by atoms with E-state index in [1.54, 1.807) is 13.8 Å². The predicted molar refractivity (Wildman–Crippen MR) is 119 cm³/mol. The molecule has 4 aliphatic rings. The normalized spacial score (nSPS) is 44.4. The lowest BCUT2D eigenvalue weighted by Gasteiger charge is -2.59. The van der Waals surface area contributed by atoms with Crippen LogP contribution in [-0.4, -0.2) is 45.5 Å². The van der Waals surface area contributed by atoms with Gasteiger partial charge < -0.3 is 19.7 Å². The molecule has 182 valence electrons. The number of fused-ring (bicyclic) bond motifs is 5. The summed E-state index contributed by atoms with van der Waals surface area (Å²) in [6.45, 7) is 6.92. The first-order valence-corrected chi connectivity index (χ1v) is 11.8. The number of rotatable bonds is 3. The smallest absolute Gasteiger partial charge is 0.499 e. The highest BCUT2D eigenvalue weighted by Gasteiger charge is 2.73. The van der Waals surface area contributed by atoms with E-state index >= 15 is 4.39 Å². The van der Waals surface area contributed by atoms with Gasteiger partial charge in [-0.25, -0.2) is 9.18 Å². The number of carbonyl (C=O) groups is 2. The van der Waals surface area contributed by atoms with Crippen molar-refractivity contribution in [2.75, 3.05) is 6.61 Å². The van der Waals surface area contributed by atoms with Gasteiger partial charge in [0, 0.05) is 22.7 Å². The topological polar surface area (TPSA) is 93.1 Å². The van der Waals surface area contributed by atoms with Crippen LogP contribution in [0.2, 0.25) is 0 Å². The van der Waals surface area contributed by atoms with Crippen molar-refractivity contribution in [2.24, 2.45) is 34.5 Å². The zero-order valence-corrected chi connectivity index (χ0v) is 20.0. The molecule has 6 nitrogen and oxygen atoms in total. The van der Waals surface area contributed by atoms with E-state index in [2.05, 4.69) is 0 Å². The van der Waals surface area contributed by atoms with E-state index in [1.807, 2.05) is 13.8 Å². The van der Waals surface area contributed by atoms with Gasteiger partial charge in [-0.2, -0.15) is 4.39 Å². The van der Waals surface area contributed by atoms with Crippen LogP contribution < -0.4 is 0 Å². The number of aliphatic hydroxyl groups excluding tert-OH is 2. The van der Waals surface area contributed by atoms with Crippen LogP contribution in [0.1, 0.15) is 53.4 Å². The molecule has 8 atom stereocenters. The minimum absolute atomic E-state index is 0.0506. The van der Waals surface area contributed by atoms with Gasteiger partial charge in [0.05, 0.1) is 12.7 Å². The van der Waals surface area contributed by atoms with E-state index in [9.17, 15) is 24.2 Å². The van der Waals surface area contributed by atoms with Crippen molar-refractivity contribution in [3.05, 3.63) is 23.3 Å². The van der Waals surface area contributed by atoms with Gasteiger partial charge in [-0.1, -0.05) is 19.4 Å². The molecule has 3 saturated carbocycles. The molecule has 0 bridgehead atoms. The number of thiocarbonyl (C=S) groups is 1. The summed E-state index contributed by atoms with van der Waals surface area (Å²) in [5.74, 6) is -5.04. The zero-order chi connectivity index (χ0) is 24.5. The van der Waals surface area contributed by atoms with E-state index in [1.165, 1.54) is 6.08 Å². The van der Waals surface area contributed by atoms with Crippen molar-refractivity contribution < 1.29 is 38.1 Å². The largest absolute Gasteiger partial charge is 0.509 e. The molecule has 2 N–H and O–H groups in total. The Kier molecular flexibility index (Phi) is 5.76. The first kappa shape index (κ1) is 24.3. The average molecular weight is 485 g/mol. The van der Waals surface area contributed by atoms with Gasteiger partial charge in [-0.15, -0.1) is 0 Å². The summed E-state index contributed by atoms with van der Waals surface area (Å²) < 4.78 is 40.5. The molecule has 0 aliphatic heterocycles. The third-order valence-electron chi connectivity index (χ3n) is 9.07. The molecule has 0 aromatic rings. The van der Waals surface area contributed by atoms with Gasteiger partial charge in [-0.05, 0) is 69.7 Å². The lowest BCUT2D eigenvalue weighted by atomic mass is 9.46. The van der Waals surface area contributed by atoms with Crippen LogP contribution in [0.5, 0.6) is 0 Å². The summed E-state index contributed by atoms with van der Waals surface area (Å²) in [6.07, 6.45) is 0.590. The van der Waals surface area contributed by atoms with Gasteiger partial charge in [-0.3, -0.25) is 4.79 Å². The molecule has 0 saturated heterocycles. The third-order valence-corrected chi connectivity index (χ3v) is 9.37. The SMILES string of the molecule is CCOC(=O)O[C@]1(C(O)=S)[C@H](C)C[C@H]2[C@@H]3CCC4=CC(=O)C(F)=C(F)[C@]4(C)[C@H]3[C@@H](O)C[C@@]21C. The van der Waals surface area contributed by atoms with Crippen LogP contribution in [-0.2, 0) is 14.3 Å². The van der Waals surface area contributed by atoms with Crippen LogP contribution in [0.25, 0.3) is 0 Å². The zero-order valence-electron chi connectivity index (χ0n) is 19.2. The molecular weight excluding hydrogens is 454 g/mol. The Balaban J connectivity index is 1.80. The van der Waals surface area contributed by atoms with Crippen LogP contribution in [0, 0.1) is 34.5 Å². The second-order valence-electron chi connectivity index (χ2n) is 10.4. The number of hydrogen-bond acceptors (Lipinski definition) is 6. The summed E-state index contributed by atoms with van der Waals surface area (Å²) in [7, 11) is 0. The first-order chi connectivity index (χ1) is 15.4. The maximum atomic E-state index is 15.3. The number of carbonyl (C=O) groups excluding carboxylic acids is 2. The van der Waals surface area contributed by atoms with E-state index in [4.69, 9.17) is 21.7 Å². The predicted octanol–water partition coefficient (Wildman–Crippen LogP) is 4.90. The van der Waals surface area contributed by atoms with Crippen molar-refractivity contribution in [3.63, 3.8) is 0 Å². The summed E-state index contributed by atoms with van der Waals surface area (Å²) >= 11 is 5.21. The summed E-state index contributed by atoms with van der Waals surface area (Å²) in [5.41, 5.74) is -3.46. The number of halogens is 2. The Morgan fingerprint density at radius 3 is 2.61 bits per heavy atom. The minimum Gasteiger partial charge on any atom is -0.499 e. The number of hydrogen-bond donors (Lipinski definition) is 2. The summed E-state index contributed by atoms with van der Waals surface area (Å²) in [5, 5.41) is 21.6. The highest BCUT2D eigenvalue weighted by atomic mass is 32.1. The molecular formula is C24H30F2O6S. The molecule has 0 aromatic heterocycles. The lowest BCUT2D eigenvalue weighted by Crippen LogP contribution is -2.63. The van der Waals surface area contributed by atoms with Crippen molar-refractivity contribution >= 4 is 29.2 Å². The molecule has 0 heterocycles. The van der Waals surface area contributed by atoms with Crippen LogP contribution in [0.3, 0.4) is 0 Å². The molecule has 33 heavy (non-hydrogen) atoms. The highest BCUT2D eigenvalue weighted by molar-refractivity contribution is 7.80. The van der Waals surface area contributed by atoms with Gasteiger partial charge in [0.25, 0.3) is 0 Å². The maximum Gasteiger partial charge on any atom is 0.509 e. The number of ketones is 1. The standard InChI is InChI=1S/C24H30F2O6S/c1-5-31-21(30)32-24(20(29)33)11(2)8-14-13-7-6-12-9-15(27)18(25)19(26)23(12,4)17(13)16(28)10-22(14,24)3/h9,11,13-14,16-17,28H,5-8,10H2,1-4H3,(H,29,33)/t11-,13+,14+,16+,17-,22+,23+,24+/m1/s1. The van der Waals surface area contributed by atoms with E-state index in [0.29, 0.717) is 24.8 Å². The third kappa shape index (κ3) is 3.00. The van der Waals surface area contributed by atoms with Crippen LogP contribution >= 0.6 is 12.2 Å². The molecule has 4 rings (SSSR count). The molecule has 0 unspecified atom stereocenters. The molecule has 9 heteroatoms. The second kappa shape index (κ2) is 7.83. The van der Waals surface area contributed by atoms with Crippen molar-refractivity contribution in [1.29, 1.82) is 0 Å². The molecule has 0 amide bonds. The fourth-order valence-electron chi connectivity index (χ4n) is 7.74. The van der Waals surface area contributed by atoms with Gasteiger partial charge in [0.15, 0.2) is 5.60 Å². The van der Waals surface area contributed by atoms with Gasteiger partial charge in [0.1, 0.15) is 5.83 Å². The molecule has 0 spiro atoms. The Labute approximate surface area is 197 Å². The van der Waals surface area contributed by atoms with Crippen molar-refractivity contribution in [2.45, 2.75) is 65.1 Å². The summed E-state index contributed by atoms with van der Waals surface area (Å²) in [4.78, 5) is 24.3. The number of ether oxygens (including phenoxy) is 2. The second-order valence-corrected chi connectivity index (χ2v) is 10.7. The molecule has 0 radical (unpaired) electrons. The highest BCUT2D eigenvalue weighted by Crippen LogP contribution is 2.70. The molecule has 4 aliphatic carbocycles. The van der Waals surface area contributed by atoms with Crippen LogP contribution in [0.4, 0.5) is 13.6 Å². The van der Waals surface area contributed by atoms with Gasteiger partial charge in [0.2, 0.25) is 16.7 Å². The first-order valence-electron chi connectivity index (χ1n) is 11.4. The average Bonchev–Trinajstić information content (AvgIpc) is 2.95. The van der Waals surface area contributed by atoms with E-state index < -0.39 is 63.0 Å². The fraction of sp³-hybridized carbons (Fsp3) is 0.708. The quantitative estimate of drug-likeness (QED) is 0.435. The minimum atomic E-state index is -1.57. The van der Waals surface area contributed by atoms with E-state index in [0.717, 1.165) is 0 Å². The Bertz CT molecular complexity index is 978. The lowest BCUT2D eigenvalue weighted by molar-refractivity contribution is -0.160. The maximum absolute atomic E-state index is 15.3. The molecule has 0 aromatic carbocycles. The Hall–Kier alpha value is -1.87. The Morgan fingerprint density at radius 1 is 1.33 bits per heavy atom. The molecule has 3 fully saturated rings. The number of aliphatic hydroxyl groups is 2. The van der Waals surface area contributed by atoms with Crippen molar-refractivity contribution in [3.8, 4) is 0 Å².